The van der Waals surface area contributed by atoms with Crippen molar-refractivity contribution < 1.29 is 28.6 Å². The highest BCUT2D eigenvalue weighted by Crippen LogP contribution is 2.16. The van der Waals surface area contributed by atoms with Gasteiger partial charge in [0.1, 0.15) is 13.2 Å². The van der Waals surface area contributed by atoms with E-state index in [1.807, 2.05) is 0 Å². The van der Waals surface area contributed by atoms with Gasteiger partial charge < -0.3 is 14.2 Å². The number of hydrogen-bond acceptors (Lipinski definition) is 6. The van der Waals surface area contributed by atoms with E-state index in [-0.39, 0.29) is 37.5 Å². The molecule has 6 nitrogen and oxygen atoms in total. The van der Waals surface area contributed by atoms with Crippen LogP contribution in [0.5, 0.6) is 0 Å². The number of esters is 3. The number of unbranched alkanes of at least 4 members (excludes halogenated alkanes) is 23. The molecule has 0 rings (SSSR count). The first-order chi connectivity index (χ1) is 39.5. The van der Waals surface area contributed by atoms with Crippen LogP contribution in [0.25, 0.3) is 0 Å². The van der Waals surface area contributed by atoms with Gasteiger partial charge in [-0.25, -0.2) is 0 Å². The summed E-state index contributed by atoms with van der Waals surface area (Å²) in [6, 6.07) is 0. The minimum Gasteiger partial charge on any atom is -0.462 e. The van der Waals surface area contributed by atoms with E-state index < -0.39 is 6.10 Å². The molecule has 0 aromatic heterocycles. The second-order valence-corrected chi connectivity index (χ2v) is 21.3. The zero-order valence-corrected chi connectivity index (χ0v) is 51.8. The van der Waals surface area contributed by atoms with Gasteiger partial charge in [-0.15, -0.1) is 0 Å². The Morgan fingerprint density at radius 2 is 0.500 bits per heavy atom. The van der Waals surface area contributed by atoms with E-state index in [4.69, 9.17) is 14.2 Å². The fourth-order valence-corrected chi connectivity index (χ4v) is 8.71. The molecule has 0 aliphatic heterocycles. The first kappa shape index (κ1) is 75.3. The molecule has 0 heterocycles. The van der Waals surface area contributed by atoms with Gasteiger partial charge in [-0.1, -0.05) is 276 Å². The van der Waals surface area contributed by atoms with Crippen molar-refractivity contribution in [1.82, 2.24) is 0 Å². The second kappa shape index (κ2) is 66.8. The van der Waals surface area contributed by atoms with Crippen molar-refractivity contribution in [2.24, 2.45) is 0 Å². The van der Waals surface area contributed by atoms with Gasteiger partial charge in [0.2, 0.25) is 0 Å². The van der Waals surface area contributed by atoms with Crippen LogP contribution in [0.2, 0.25) is 0 Å². The first-order valence-electron chi connectivity index (χ1n) is 32.8. The van der Waals surface area contributed by atoms with Gasteiger partial charge in [-0.05, 0) is 135 Å². The van der Waals surface area contributed by atoms with Crippen molar-refractivity contribution in [2.75, 3.05) is 13.2 Å². The molecule has 6 heteroatoms. The Bertz CT molecular complexity index is 1750. The fourth-order valence-electron chi connectivity index (χ4n) is 8.71. The second-order valence-electron chi connectivity index (χ2n) is 21.3. The topological polar surface area (TPSA) is 78.9 Å². The monoisotopic (exact) mass is 1100 g/mol. The van der Waals surface area contributed by atoms with Gasteiger partial charge in [0.15, 0.2) is 6.10 Å². The van der Waals surface area contributed by atoms with Crippen LogP contribution in [0, 0.1) is 0 Å². The van der Waals surface area contributed by atoms with Gasteiger partial charge in [0.25, 0.3) is 0 Å². The molecule has 0 amide bonds. The van der Waals surface area contributed by atoms with E-state index in [1.165, 1.54) is 109 Å². The van der Waals surface area contributed by atoms with E-state index in [2.05, 4.69) is 167 Å². The fraction of sp³-hybridized carbons (Fsp3) is 0.635. The molecular weight excluding hydrogens is 985 g/mol. The molecule has 0 aliphatic carbocycles. The highest BCUT2D eigenvalue weighted by Gasteiger charge is 2.19. The maximum atomic E-state index is 12.9. The lowest BCUT2D eigenvalue weighted by molar-refractivity contribution is -0.167. The lowest BCUT2D eigenvalue weighted by atomic mass is 10.0. The Morgan fingerprint density at radius 3 is 0.812 bits per heavy atom. The molecule has 452 valence electrons. The number of carbonyl (C=O) groups excluding carboxylic acids is 3. The van der Waals surface area contributed by atoms with Crippen LogP contribution in [0.4, 0.5) is 0 Å². The van der Waals surface area contributed by atoms with Crippen molar-refractivity contribution in [2.45, 2.75) is 290 Å². The maximum Gasteiger partial charge on any atom is 0.306 e. The molecule has 1 atom stereocenters. The molecule has 1 unspecified atom stereocenters. The molecular formula is C74H120O6. The van der Waals surface area contributed by atoms with Crippen LogP contribution in [0.3, 0.4) is 0 Å². The van der Waals surface area contributed by atoms with Gasteiger partial charge in [-0.3, -0.25) is 14.4 Å². The molecule has 0 aliphatic rings. The number of carbonyl (C=O) groups is 3. The lowest BCUT2D eigenvalue weighted by Gasteiger charge is -2.18. The average molecular weight is 1110 g/mol. The molecule has 0 bridgehead atoms. The largest absolute Gasteiger partial charge is 0.462 e. The van der Waals surface area contributed by atoms with Crippen molar-refractivity contribution in [3.8, 4) is 0 Å². The molecule has 0 saturated carbocycles. The predicted molar refractivity (Wildman–Crippen MR) is 348 cm³/mol. The summed E-state index contributed by atoms with van der Waals surface area (Å²) in [5.74, 6) is -0.975. The van der Waals surface area contributed by atoms with E-state index in [0.717, 1.165) is 128 Å². The van der Waals surface area contributed by atoms with E-state index in [1.54, 1.807) is 0 Å². The Hall–Kier alpha value is -4.71. The Labute approximate surface area is 493 Å². The first-order valence-corrected chi connectivity index (χ1v) is 32.8. The van der Waals surface area contributed by atoms with Gasteiger partial charge in [0.05, 0.1) is 0 Å². The molecule has 0 radical (unpaired) electrons. The van der Waals surface area contributed by atoms with Crippen LogP contribution < -0.4 is 0 Å². The molecule has 0 N–H and O–H groups in total. The Kier molecular flexibility index (Phi) is 62.9. The minimum absolute atomic E-state index is 0.106. The smallest absolute Gasteiger partial charge is 0.306 e. The summed E-state index contributed by atoms with van der Waals surface area (Å²) in [5.41, 5.74) is 0. The molecule has 0 aromatic carbocycles. The summed E-state index contributed by atoms with van der Waals surface area (Å²) in [6.45, 7) is 6.34. The highest BCUT2D eigenvalue weighted by atomic mass is 16.6. The molecule has 0 aromatic rings. The minimum atomic E-state index is -0.816. The third-order valence-corrected chi connectivity index (χ3v) is 13.6. The van der Waals surface area contributed by atoms with Crippen molar-refractivity contribution in [1.29, 1.82) is 0 Å². The van der Waals surface area contributed by atoms with Gasteiger partial charge in [-0.2, -0.15) is 0 Å². The van der Waals surface area contributed by atoms with Crippen molar-refractivity contribution >= 4 is 17.9 Å². The van der Waals surface area contributed by atoms with Crippen molar-refractivity contribution in [3.63, 3.8) is 0 Å². The highest BCUT2D eigenvalue weighted by molar-refractivity contribution is 5.71. The van der Waals surface area contributed by atoms with E-state index >= 15 is 0 Å². The molecule has 0 saturated heterocycles. The van der Waals surface area contributed by atoms with Crippen LogP contribution in [0.1, 0.15) is 284 Å². The van der Waals surface area contributed by atoms with Crippen LogP contribution in [0.15, 0.2) is 146 Å². The normalized spacial score (nSPS) is 13.1. The SMILES string of the molecule is CC/C=C\C/C=C\C/C=C\C/C=C\C/C=C\C/C=C\CCCCCCCCCCCCCCCCC(=O)OCC(COC(=O)CCCCCCC/C=C\CCCCC)OC(=O)CCC/C=C\C/C=C\C/C=C\C/C=C\C/C=C\CC. The third kappa shape index (κ3) is 64.1. The van der Waals surface area contributed by atoms with Gasteiger partial charge in [0, 0.05) is 19.3 Å². The van der Waals surface area contributed by atoms with Gasteiger partial charge >= 0.3 is 17.9 Å². The Balaban J connectivity index is 4.26. The zero-order valence-electron chi connectivity index (χ0n) is 51.8. The standard InChI is InChI=1S/C74H120O6/c1-4-7-10-13-16-19-22-25-27-29-30-31-32-33-34-35-36-37-38-39-40-41-42-43-44-46-47-49-52-55-58-61-64-67-73(76)79-70-71(69-78-72(75)66-63-60-57-54-51-24-21-18-15-12-9-6-3)80-74(77)68-65-62-59-56-53-50-48-45-28-26-23-20-17-14-11-8-5-2/h7-8,10-11,16-21,25-28,30-31,33-34,36-37,48,50,56,59,71H,4-6,9,12-15,22-24,29,32,35,38-47,49,51-55,57-58,60-70H2,1-3H3/b10-7-,11-8-,19-16-,20-17-,21-18-,27-25-,28-26-,31-30-,34-33-,37-36-,50-48-,59-56-. The van der Waals surface area contributed by atoms with Crippen LogP contribution in [-0.2, 0) is 28.6 Å². The lowest BCUT2D eigenvalue weighted by Crippen LogP contribution is -2.30. The zero-order chi connectivity index (χ0) is 57.8. The number of allylic oxidation sites excluding steroid dienone is 24. The Morgan fingerprint density at radius 1 is 0.263 bits per heavy atom. The van der Waals surface area contributed by atoms with Crippen molar-refractivity contribution in [3.05, 3.63) is 146 Å². The third-order valence-electron chi connectivity index (χ3n) is 13.6. The van der Waals surface area contributed by atoms with E-state index in [9.17, 15) is 14.4 Å². The van der Waals surface area contributed by atoms with Crippen LogP contribution >= 0.6 is 0 Å². The molecule has 80 heavy (non-hydrogen) atoms. The molecule has 0 spiro atoms. The quantitative estimate of drug-likeness (QED) is 0.0261. The number of ether oxygens (including phenoxy) is 3. The average Bonchev–Trinajstić information content (AvgIpc) is 3.46. The summed E-state index contributed by atoms with van der Waals surface area (Å²) < 4.78 is 16.8. The predicted octanol–water partition coefficient (Wildman–Crippen LogP) is 22.7. The summed E-state index contributed by atoms with van der Waals surface area (Å²) in [7, 11) is 0. The molecule has 0 fully saturated rings. The van der Waals surface area contributed by atoms with E-state index in [0.29, 0.717) is 19.3 Å². The number of hydrogen-bond donors (Lipinski definition) is 0. The summed E-state index contributed by atoms with van der Waals surface area (Å²) in [5, 5.41) is 0. The summed E-state index contributed by atoms with van der Waals surface area (Å²) in [4.78, 5) is 38.2. The maximum absolute atomic E-state index is 12.9. The van der Waals surface area contributed by atoms with Crippen LogP contribution in [-0.4, -0.2) is 37.2 Å². The summed E-state index contributed by atoms with van der Waals surface area (Å²) >= 11 is 0. The summed E-state index contributed by atoms with van der Waals surface area (Å²) in [6.07, 6.45) is 95.9. The number of rotatable bonds is 58.